The molecule has 3 aromatic heterocycles. The number of hydrogen-bond acceptors (Lipinski definition) is 6. The lowest BCUT2D eigenvalue weighted by Crippen LogP contribution is -2.37. The number of hydrogen-bond donors (Lipinski definition) is 0. The Labute approximate surface area is 164 Å². The Hall–Kier alpha value is -3.35. The van der Waals surface area contributed by atoms with Gasteiger partial charge in [0.15, 0.2) is 5.82 Å². The molecule has 0 aliphatic carbocycles. The SMILES string of the molecule is Cc1cncc(C(=O)N2CCc3c(nc(-c4ccccn4)nc3N(C)C)C2)c1. The second kappa shape index (κ2) is 7.34. The number of aryl methyl sites for hydroxylation is 1. The number of nitrogens with zero attached hydrogens (tertiary/aromatic N) is 6. The van der Waals surface area contributed by atoms with Gasteiger partial charge in [0, 0.05) is 44.8 Å². The van der Waals surface area contributed by atoms with Gasteiger partial charge in [0.25, 0.3) is 5.91 Å². The largest absolute Gasteiger partial charge is 0.362 e. The van der Waals surface area contributed by atoms with Gasteiger partial charge in [0.1, 0.15) is 11.5 Å². The van der Waals surface area contributed by atoms with Crippen LogP contribution < -0.4 is 4.90 Å². The number of anilines is 1. The molecule has 142 valence electrons. The third-order valence-corrected chi connectivity index (χ3v) is 4.77. The topological polar surface area (TPSA) is 75.1 Å². The van der Waals surface area contributed by atoms with Gasteiger partial charge >= 0.3 is 0 Å². The lowest BCUT2D eigenvalue weighted by molar-refractivity contribution is 0.0731. The van der Waals surface area contributed by atoms with Crippen LogP contribution in [0.5, 0.6) is 0 Å². The second-order valence-electron chi connectivity index (χ2n) is 7.13. The van der Waals surface area contributed by atoms with Crippen LogP contribution in [0.4, 0.5) is 5.82 Å². The molecule has 4 rings (SSSR count). The fourth-order valence-corrected chi connectivity index (χ4v) is 3.42. The van der Waals surface area contributed by atoms with Gasteiger partial charge in [-0.25, -0.2) is 9.97 Å². The van der Waals surface area contributed by atoms with Crippen molar-refractivity contribution in [1.29, 1.82) is 0 Å². The first-order valence-corrected chi connectivity index (χ1v) is 9.22. The highest BCUT2D eigenvalue weighted by atomic mass is 16.2. The first-order chi connectivity index (χ1) is 13.5. The van der Waals surface area contributed by atoms with Crippen molar-refractivity contribution in [3.8, 4) is 11.5 Å². The fourth-order valence-electron chi connectivity index (χ4n) is 3.42. The van der Waals surface area contributed by atoms with Crippen LogP contribution in [0.25, 0.3) is 11.5 Å². The summed E-state index contributed by atoms with van der Waals surface area (Å²) in [4.78, 5) is 34.8. The molecule has 0 saturated heterocycles. The lowest BCUT2D eigenvalue weighted by Gasteiger charge is -2.30. The van der Waals surface area contributed by atoms with Crippen LogP contribution in [0.1, 0.15) is 27.2 Å². The van der Waals surface area contributed by atoms with Crippen LogP contribution >= 0.6 is 0 Å². The predicted molar refractivity (Wildman–Crippen MR) is 107 cm³/mol. The van der Waals surface area contributed by atoms with Crippen LogP contribution in [-0.2, 0) is 13.0 Å². The average molecular weight is 374 g/mol. The molecule has 7 nitrogen and oxygen atoms in total. The van der Waals surface area contributed by atoms with Gasteiger partial charge in [0.05, 0.1) is 17.8 Å². The summed E-state index contributed by atoms with van der Waals surface area (Å²) in [5.74, 6) is 1.44. The number of rotatable bonds is 3. The van der Waals surface area contributed by atoms with E-state index in [1.54, 1.807) is 18.6 Å². The summed E-state index contributed by atoms with van der Waals surface area (Å²) in [5.41, 5.74) is 4.27. The first-order valence-electron chi connectivity index (χ1n) is 9.22. The average Bonchev–Trinajstić information content (AvgIpc) is 2.72. The molecule has 4 heterocycles. The van der Waals surface area contributed by atoms with E-state index >= 15 is 0 Å². The quantitative estimate of drug-likeness (QED) is 0.701. The zero-order chi connectivity index (χ0) is 19.7. The van der Waals surface area contributed by atoms with Crippen molar-refractivity contribution in [3.05, 3.63) is 65.2 Å². The van der Waals surface area contributed by atoms with Gasteiger partial charge in [-0.1, -0.05) is 6.07 Å². The Bertz CT molecular complexity index is 1020. The molecule has 0 aromatic carbocycles. The van der Waals surface area contributed by atoms with Crippen LogP contribution in [0.3, 0.4) is 0 Å². The van der Waals surface area contributed by atoms with E-state index in [0.29, 0.717) is 24.5 Å². The van der Waals surface area contributed by atoms with E-state index in [2.05, 4.69) is 9.97 Å². The van der Waals surface area contributed by atoms with E-state index < -0.39 is 0 Å². The minimum atomic E-state index is -0.0220. The number of fused-ring (bicyclic) bond motifs is 1. The highest BCUT2D eigenvalue weighted by molar-refractivity contribution is 5.94. The molecule has 0 radical (unpaired) electrons. The van der Waals surface area contributed by atoms with Crippen molar-refractivity contribution in [1.82, 2.24) is 24.8 Å². The molecule has 0 N–H and O–H groups in total. The minimum Gasteiger partial charge on any atom is -0.362 e. The van der Waals surface area contributed by atoms with E-state index in [-0.39, 0.29) is 5.91 Å². The molecule has 7 heteroatoms. The fraction of sp³-hybridized carbons (Fsp3) is 0.286. The number of aromatic nitrogens is 4. The number of carbonyl (C=O) groups excluding carboxylic acids is 1. The maximum atomic E-state index is 13.0. The van der Waals surface area contributed by atoms with E-state index in [0.717, 1.165) is 34.8 Å². The maximum Gasteiger partial charge on any atom is 0.255 e. The molecule has 28 heavy (non-hydrogen) atoms. The Morgan fingerprint density at radius 3 is 2.75 bits per heavy atom. The summed E-state index contributed by atoms with van der Waals surface area (Å²) in [7, 11) is 3.95. The highest BCUT2D eigenvalue weighted by Crippen LogP contribution is 2.28. The first kappa shape index (κ1) is 18.0. The van der Waals surface area contributed by atoms with E-state index in [9.17, 15) is 4.79 Å². The monoisotopic (exact) mass is 374 g/mol. The molecule has 3 aromatic rings. The molecule has 0 spiro atoms. The Morgan fingerprint density at radius 1 is 1.18 bits per heavy atom. The molecule has 0 atom stereocenters. The highest BCUT2D eigenvalue weighted by Gasteiger charge is 2.27. The summed E-state index contributed by atoms with van der Waals surface area (Å²) < 4.78 is 0. The molecule has 1 aliphatic heterocycles. The van der Waals surface area contributed by atoms with Gasteiger partial charge in [0.2, 0.25) is 0 Å². The van der Waals surface area contributed by atoms with Crippen LogP contribution in [0.2, 0.25) is 0 Å². The van der Waals surface area contributed by atoms with E-state index in [1.165, 1.54) is 0 Å². The maximum absolute atomic E-state index is 13.0. The van der Waals surface area contributed by atoms with Crippen LogP contribution in [-0.4, -0.2) is 51.4 Å². The van der Waals surface area contributed by atoms with Crippen LogP contribution in [0, 0.1) is 6.92 Å². The van der Waals surface area contributed by atoms with E-state index in [1.807, 2.05) is 55.1 Å². The van der Waals surface area contributed by atoms with Crippen molar-refractivity contribution in [2.75, 3.05) is 25.5 Å². The van der Waals surface area contributed by atoms with Gasteiger partial charge < -0.3 is 9.80 Å². The smallest absolute Gasteiger partial charge is 0.255 e. The predicted octanol–water partition coefficient (Wildman–Crippen LogP) is 2.51. The number of amides is 1. The summed E-state index contributed by atoms with van der Waals surface area (Å²) in [5, 5.41) is 0. The molecule has 0 saturated carbocycles. The standard InChI is InChI=1S/C21H22N6O/c1-14-10-15(12-22-11-14)21(28)27-9-7-16-18(13-27)24-19(25-20(16)26(2)3)17-6-4-5-8-23-17/h4-6,8,10-12H,7,9,13H2,1-3H3. The summed E-state index contributed by atoms with van der Waals surface area (Å²) in [6.07, 6.45) is 5.82. The van der Waals surface area contributed by atoms with Gasteiger partial charge in [-0.3, -0.25) is 14.8 Å². The third kappa shape index (κ3) is 3.43. The second-order valence-corrected chi connectivity index (χ2v) is 7.13. The molecule has 0 fully saturated rings. The summed E-state index contributed by atoms with van der Waals surface area (Å²) >= 11 is 0. The van der Waals surface area contributed by atoms with Crippen molar-refractivity contribution >= 4 is 11.7 Å². The zero-order valence-corrected chi connectivity index (χ0v) is 16.3. The molecule has 1 aliphatic rings. The van der Waals surface area contributed by atoms with Crippen molar-refractivity contribution in [2.45, 2.75) is 19.9 Å². The third-order valence-electron chi connectivity index (χ3n) is 4.77. The van der Waals surface area contributed by atoms with Crippen molar-refractivity contribution in [2.24, 2.45) is 0 Å². The summed E-state index contributed by atoms with van der Waals surface area (Å²) in [6.45, 7) is 3.02. The lowest BCUT2D eigenvalue weighted by atomic mass is 10.0. The molecular formula is C21H22N6O. The molecule has 0 unspecified atom stereocenters. The van der Waals surface area contributed by atoms with Gasteiger partial charge in [-0.15, -0.1) is 0 Å². The van der Waals surface area contributed by atoms with E-state index in [4.69, 9.17) is 9.97 Å². The number of pyridine rings is 2. The van der Waals surface area contributed by atoms with Crippen LogP contribution in [0.15, 0.2) is 42.9 Å². The summed E-state index contributed by atoms with van der Waals surface area (Å²) in [6, 6.07) is 7.55. The normalized spacial score (nSPS) is 13.2. The number of carbonyl (C=O) groups is 1. The van der Waals surface area contributed by atoms with Crippen molar-refractivity contribution in [3.63, 3.8) is 0 Å². The van der Waals surface area contributed by atoms with Crippen molar-refractivity contribution < 1.29 is 4.79 Å². The Kier molecular flexibility index (Phi) is 4.73. The molecule has 0 bridgehead atoms. The molecular weight excluding hydrogens is 352 g/mol. The Morgan fingerprint density at radius 2 is 2.04 bits per heavy atom. The van der Waals surface area contributed by atoms with Gasteiger partial charge in [-0.2, -0.15) is 0 Å². The zero-order valence-electron chi connectivity index (χ0n) is 16.3. The minimum absolute atomic E-state index is 0.0220. The molecule has 1 amide bonds. The Balaban J connectivity index is 1.71. The van der Waals surface area contributed by atoms with Gasteiger partial charge in [-0.05, 0) is 37.1 Å².